The molecule has 1 aliphatic carbocycles. The summed E-state index contributed by atoms with van der Waals surface area (Å²) in [4.78, 5) is 18.4. The van der Waals surface area contributed by atoms with Crippen molar-refractivity contribution in [2.45, 2.75) is 52.4 Å². The summed E-state index contributed by atoms with van der Waals surface area (Å²) in [6, 6.07) is 0. The lowest BCUT2D eigenvalue weighted by Crippen LogP contribution is -2.41. The first-order chi connectivity index (χ1) is 10.7. The van der Waals surface area contributed by atoms with Gasteiger partial charge < -0.3 is 15.5 Å². The summed E-state index contributed by atoms with van der Waals surface area (Å²) in [6.07, 6.45) is 7.56. The molecule has 2 rings (SSSR count). The number of hydrogen-bond donors (Lipinski definition) is 2. The van der Waals surface area contributed by atoms with Gasteiger partial charge in [-0.15, -0.1) is 24.0 Å². The zero-order valence-corrected chi connectivity index (χ0v) is 17.0. The molecule has 0 unspecified atom stereocenters. The van der Waals surface area contributed by atoms with Crippen LogP contribution in [0.2, 0.25) is 0 Å². The highest BCUT2D eigenvalue weighted by Crippen LogP contribution is 2.27. The number of nitrogens with one attached hydrogen (secondary N) is 2. The molecule has 1 saturated carbocycles. The maximum absolute atomic E-state index is 12.1. The van der Waals surface area contributed by atoms with Crippen LogP contribution >= 0.6 is 24.0 Å². The van der Waals surface area contributed by atoms with Crippen molar-refractivity contribution in [3.05, 3.63) is 0 Å². The Labute approximate surface area is 158 Å². The van der Waals surface area contributed by atoms with Gasteiger partial charge in [0.1, 0.15) is 6.54 Å². The van der Waals surface area contributed by atoms with E-state index in [0.717, 1.165) is 56.8 Å². The van der Waals surface area contributed by atoms with Crippen molar-refractivity contribution in [1.82, 2.24) is 15.5 Å². The third-order valence-electron chi connectivity index (χ3n) is 4.87. The summed E-state index contributed by atoms with van der Waals surface area (Å²) < 4.78 is 0. The summed E-state index contributed by atoms with van der Waals surface area (Å²) in [5, 5.41) is 6.66. The molecule has 1 heterocycles. The van der Waals surface area contributed by atoms with E-state index in [-0.39, 0.29) is 36.4 Å². The van der Waals surface area contributed by atoms with E-state index in [9.17, 15) is 4.79 Å². The van der Waals surface area contributed by atoms with Crippen molar-refractivity contribution >= 4 is 35.8 Å². The van der Waals surface area contributed by atoms with Gasteiger partial charge in [0.2, 0.25) is 5.91 Å². The zero-order valence-electron chi connectivity index (χ0n) is 14.6. The molecular formula is C17H33IN4O. The zero-order chi connectivity index (χ0) is 15.8. The van der Waals surface area contributed by atoms with E-state index in [0.29, 0.717) is 0 Å². The summed E-state index contributed by atoms with van der Waals surface area (Å²) >= 11 is 0. The molecule has 2 aliphatic rings. The normalized spacial score (nSPS) is 25.0. The number of guanidine groups is 1. The van der Waals surface area contributed by atoms with Crippen LogP contribution in [-0.4, -0.2) is 49.5 Å². The molecule has 134 valence electrons. The number of carbonyl (C=O) groups excluding carboxylic acids is 1. The molecule has 0 radical (unpaired) electrons. The van der Waals surface area contributed by atoms with E-state index >= 15 is 0 Å². The van der Waals surface area contributed by atoms with Gasteiger partial charge >= 0.3 is 0 Å². The highest BCUT2D eigenvalue weighted by atomic mass is 127. The van der Waals surface area contributed by atoms with Crippen LogP contribution in [0.4, 0.5) is 0 Å². The maximum atomic E-state index is 12.1. The van der Waals surface area contributed by atoms with Gasteiger partial charge in [0.25, 0.3) is 0 Å². The smallest absolute Gasteiger partial charge is 0.244 e. The van der Waals surface area contributed by atoms with Gasteiger partial charge in [0.15, 0.2) is 5.96 Å². The molecule has 0 atom stereocenters. The number of likely N-dealkylation sites (tertiary alicyclic amines) is 1. The van der Waals surface area contributed by atoms with E-state index in [1.54, 1.807) is 0 Å². The Bertz CT molecular complexity index is 375. The highest BCUT2D eigenvalue weighted by molar-refractivity contribution is 14.0. The van der Waals surface area contributed by atoms with E-state index in [2.05, 4.69) is 29.5 Å². The van der Waals surface area contributed by atoms with Gasteiger partial charge in [-0.2, -0.15) is 0 Å². The van der Waals surface area contributed by atoms with E-state index in [4.69, 9.17) is 0 Å². The van der Waals surface area contributed by atoms with Gasteiger partial charge in [-0.25, -0.2) is 4.99 Å². The van der Waals surface area contributed by atoms with Gasteiger partial charge in [-0.05, 0) is 44.4 Å². The largest absolute Gasteiger partial charge is 0.357 e. The number of carbonyl (C=O) groups is 1. The first-order valence-corrected chi connectivity index (χ1v) is 8.99. The van der Waals surface area contributed by atoms with Crippen LogP contribution in [0.25, 0.3) is 0 Å². The van der Waals surface area contributed by atoms with Crippen molar-refractivity contribution in [3.63, 3.8) is 0 Å². The van der Waals surface area contributed by atoms with Crippen LogP contribution in [0, 0.1) is 11.8 Å². The standard InChI is InChI=1S/C17H32N4O.HI/c1-3-18-17(19-12-15-8-6-14(2)7-9-15)20-13-16(22)21-10-4-5-11-21;/h14-15H,3-13H2,1-2H3,(H2,18,19,20);1H. The van der Waals surface area contributed by atoms with Crippen molar-refractivity contribution in [3.8, 4) is 0 Å². The van der Waals surface area contributed by atoms with Crippen LogP contribution in [0.3, 0.4) is 0 Å². The number of hydrogen-bond acceptors (Lipinski definition) is 2. The lowest BCUT2D eigenvalue weighted by molar-refractivity contribution is -0.128. The van der Waals surface area contributed by atoms with Crippen LogP contribution < -0.4 is 10.6 Å². The van der Waals surface area contributed by atoms with Crippen LogP contribution in [0.1, 0.15) is 52.4 Å². The predicted octanol–water partition coefficient (Wildman–Crippen LogP) is 2.61. The first-order valence-electron chi connectivity index (χ1n) is 8.99. The van der Waals surface area contributed by atoms with Crippen LogP contribution in [-0.2, 0) is 4.79 Å². The fourth-order valence-electron chi connectivity index (χ4n) is 3.33. The van der Waals surface area contributed by atoms with Crippen molar-refractivity contribution < 1.29 is 4.79 Å². The van der Waals surface area contributed by atoms with E-state index < -0.39 is 0 Å². The maximum Gasteiger partial charge on any atom is 0.244 e. The van der Waals surface area contributed by atoms with Gasteiger partial charge in [0, 0.05) is 26.2 Å². The first kappa shape index (κ1) is 20.5. The Balaban J connectivity index is 0.00000264. The van der Waals surface area contributed by atoms with Crippen molar-refractivity contribution in [1.29, 1.82) is 0 Å². The Kier molecular flexibility index (Phi) is 9.90. The van der Waals surface area contributed by atoms with Gasteiger partial charge in [0.05, 0.1) is 0 Å². The molecule has 2 N–H and O–H groups in total. The summed E-state index contributed by atoms with van der Waals surface area (Å²) in [5.74, 6) is 2.57. The molecule has 0 spiro atoms. The van der Waals surface area contributed by atoms with Gasteiger partial charge in [-0.1, -0.05) is 19.8 Å². The summed E-state index contributed by atoms with van der Waals surface area (Å²) in [5.41, 5.74) is 0. The average molecular weight is 436 g/mol. The van der Waals surface area contributed by atoms with Gasteiger partial charge in [-0.3, -0.25) is 4.79 Å². The van der Waals surface area contributed by atoms with Crippen LogP contribution in [0.15, 0.2) is 4.99 Å². The number of amides is 1. The second-order valence-corrected chi connectivity index (χ2v) is 6.79. The SMILES string of the molecule is CCNC(=NCC(=O)N1CCCC1)NCC1CCC(C)CC1.I. The molecule has 0 bridgehead atoms. The minimum atomic E-state index is 0. The molecule has 0 aromatic heterocycles. The Morgan fingerprint density at radius 3 is 2.39 bits per heavy atom. The lowest BCUT2D eigenvalue weighted by Gasteiger charge is -2.26. The molecule has 23 heavy (non-hydrogen) atoms. The fraction of sp³-hybridized carbons (Fsp3) is 0.882. The molecule has 0 aromatic carbocycles. The molecule has 0 aromatic rings. The Morgan fingerprint density at radius 2 is 1.78 bits per heavy atom. The minimum Gasteiger partial charge on any atom is -0.357 e. The molecule has 1 saturated heterocycles. The Hall–Kier alpha value is -0.530. The van der Waals surface area contributed by atoms with Crippen molar-refractivity contribution in [2.75, 3.05) is 32.7 Å². The quantitative estimate of drug-likeness (QED) is 0.396. The minimum absolute atomic E-state index is 0. The second kappa shape index (κ2) is 11.1. The topological polar surface area (TPSA) is 56.7 Å². The molecule has 2 fully saturated rings. The molecule has 6 heteroatoms. The number of halogens is 1. The number of rotatable bonds is 5. The summed E-state index contributed by atoms with van der Waals surface area (Å²) in [6.45, 7) is 8.26. The molecule has 1 aliphatic heterocycles. The third-order valence-corrected chi connectivity index (χ3v) is 4.87. The highest BCUT2D eigenvalue weighted by Gasteiger charge is 2.19. The average Bonchev–Trinajstić information content (AvgIpc) is 3.06. The van der Waals surface area contributed by atoms with E-state index in [1.165, 1.54) is 25.7 Å². The third kappa shape index (κ3) is 7.27. The molecule has 5 nitrogen and oxygen atoms in total. The second-order valence-electron chi connectivity index (χ2n) is 6.79. The summed E-state index contributed by atoms with van der Waals surface area (Å²) in [7, 11) is 0. The monoisotopic (exact) mass is 436 g/mol. The van der Waals surface area contributed by atoms with E-state index in [1.807, 2.05) is 4.90 Å². The molecule has 1 amide bonds. The molecular weight excluding hydrogens is 403 g/mol. The predicted molar refractivity (Wildman–Crippen MR) is 106 cm³/mol. The Morgan fingerprint density at radius 1 is 1.13 bits per heavy atom. The van der Waals surface area contributed by atoms with Crippen molar-refractivity contribution in [2.24, 2.45) is 16.8 Å². The lowest BCUT2D eigenvalue weighted by atomic mass is 9.83. The fourth-order valence-corrected chi connectivity index (χ4v) is 3.33. The number of nitrogens with zero attached hydrogens (tertiary/aromatic N) is 2. The number of aliphatic imine (C=N–C) groups is 1. The van der Waals surface area contributed by atoms with Crippen LogP contribution in [0.5, 0.6) is 0 Å².